The number of hydrogen-bond donors (Lipinski definition) is 0. The lowest BCUT2D eigenvalue weighted by Gasteiger charge is -2.24. The van der Waals surface area contributed by atoms with Gasteiger partial charge in [-0.2, -0.15) is 0 Å². The summed E-state index contributed by atoms with van der Waals surface area (Å²) in [6.45, 7) is 9.72. The van der Waals surface area contributed by atoms with E-state index >= 15 is 0 Å². The Hall–Kier alpha value is 0. The van der Waals surface area contributed by atoms with Crippen LogP contribution >= 0.6 is 0 Å². The van der Waals surface area contributed by atoms with Crippen molar-refractivity contribution in [1.82, 2.24) is 0 Å². The van der Waals surface area contributed by atoms with Crippen molar-refractivity contribution >= 4 is 0 Å². The molecule has 0 unspecified atom stereocenters. The van der Waals surface area contributed by atoms with E-state index in [1.807, 2.05) is 0 Å². The summed E-state index contributed by atoms with van der Waals surface area (Å²) in [5.41, 5.74) is 0.569. The fraction of sp³-hybridized carbons (Fsp3) is 1.00. The predicted molar refractivity (Wildman–Crippen MR) is 265 cm³/mol. The molecule has 0 atom stereocenters. The third-order valence-corrected chi connectivity index (χ3v) is 13.9. The van der Waals surface area contributed by atoms with Gasteiger partial charge < -0.3 is 0 Å². The fourth-order valence-corrected chi connectivity index (χ4v) is 9.61. The SMILES string of the molecule is CCCCCCCCCCCCCCCCCCCCCCCCCCCCC(C)(C)CCCCCCCCCCCCCCCCCCCCCCCCCC. The van der Waals surface area contributed by atoms with Crippen molar-refractivity contribution < 1.29 is 0 Å². The number of unbranched alkanes of at least 4 members (excludes halogenated alkanes) is 48. The lowest BCUT2D eigenvalue weighted by atomic mass is 9.81. The van der Waals surface area contributed by atoms with Crippen LogP contribution in [-0.4, -0.2) is 0 Å². The molecule has 344 valence electrons. The maximum Gasteiger partial charge on any atom is -0.0354 e. The van der Waals surface area contributed by atoms with Gasteiger partial charge in [0.1, 0.15) is 0 Å². The van der Waals surface area contributed by atoms with Crippen LogP contribution < -0.4 is 0 Å². The average Bonchev–Trinajstić information content (AvgIpc) is 3.20. The molecule has 0 aromatic heterocycles. The minimum atomic E-state index is 0.569. The maximum absolute atomic E-state index is 2.55. The predicted octanol–water partition coefficient (Wildman–Crippen LogP) is 22.3. The van der Waals surface area contributed by atoms with E-state index in [0.29, 0.717) is 5.41 Å². The third kappa shape index (κ3) is 52.1. The molecule has 0 saturated carbocycles. The summed E-state index contributed by atoms with van der Waals surface area (Å²) in [5.74, 6) is 0. The second kappa shape index (κ2) is 50.4. The third-order valence-electron chi connectivity index (χ3n) is 13.9. The topological polar surface area (TPSA) is 0 Å². The van der Waals surface area contributed by atoms with Crippen molar-refractivity contribution in [2.45, 2.75) is 362 Å². The molecule has 0 spiro atoms. The van der Waals surface area contributed by atoms with Crippen molar-refractivity contribution in [3.63, 3.8) is 0 Å². The van der Waals surface area contributed by atoms with Crippen LogP contribution in [-0.2, 0) is 0 Å². The summed E-state index contributed by atoms with van der Waals surface area (Å²) in [6.07, 6.45) is 77.0. The highest BCUT2D eigenvalue weighted by molar-refractivity contribution is 4.69. The molecule has 0 nitrogen and oxygen atoms in total. The van der Waals surface area contributed by atoms with Gasteiger partial charge in [0.15, 0.2) is 0 Å². The Bertz CT molecular complexity index is 676. The Morgan fingerprint density at radius 3 is 0.386 bits per heavy atom. The van der Waals surface area contributed by atoms with Gasteiger partial charge in [0.25, 0.3) is 0 Å². The molecule has 57 heavy (non-hydrogen) atoms. The monoisotopic (exact) mass is 801 g/mol. The van der Waals surface area contributed by atoms with E-state index in [-0.39, 0.29) is 0 Å². The summed E-state index contributed by atoms with van der Waals surface area (Å²) < 4.78 is 0. The van der Waals surface area contributed by atoms with Crippen molar-refractivity contribution in [3.05, 3.63) is 0 Å². The molecule has 0 heteroatoms. The Morgan fingerprint density at radius 1 is 0.158 bits per heavy atom. The summed E-state index contributed by atoms with van der Waals surface area (Å²) in [5, 5.41) is 0. The van der Waals surface area contributed by atoms with Crippen molar-refractivity contribution in [3.8, 4) is 0 Å². The van der Waals surface area contributed by atoms with Gasteiger partial charge >= 0.3 is 0 Å². The Morgan fingerprint density at radius 2 is 0.263 bits per heavy atom. The zero-order chi connectivity index (χ0) is 41.3. The molecule has 0 aromatic rings. The molecule has 0 N–H and O–H groups in total. The highest BCUT2D eigenvalue weighted by Crippen LogP contribution is 2.31. The molecule has 0 rings (SSSR count). The first-order valence-electron chi connectivity index (χ1n) is 28.1. The Kier molecular flexibility index (Phi) is 50.4. The molecular weight excluding hydrogens is 685 g/mol. The van der Waals surface area contributed by atoms with E-state index in [4.69, 9.17) is 0 Å². The second-order valence-electron chi connectivity index (χ2n) is 20.6. The average molecular weight is 802 g/mol. The lowest BCUT2D eigenvalue weighted by molar-refractivity contribution is 0.282. The second-order valence-corrected chi connectivity index (χ2v) is 20.6. The van der Waals surface area contributed by atoms with Gasteiger partial charge in [-0.1, -0.05) is 349 Å². The Labute approximate surface area is 365 Å². The molecule has 0 fully saturated rings. The summed E-state index contributed by atoms with van der Waals surface area (Å²) >= 11 is 0. The van der Waals surface area contributed by atoms with E-state index in [1.54, 1.807) is 0 Å². The van der Waals surface area contributed by atoms with E-state index in [9.17, 15) is 0 Å². The first-order valence-corrected chi connectivity index (χ1v) is 28.1. The zero-order valence-electron chi connectivity index (χ0n) is 41.3. The van der Waals surface area contributed by atoms with Crippen LogP contribution in [0.2, 0.25) is 0 Å². The van der Waals surface area contributed by atoms with Crippen LogP contribution in [0.1, 0.15) is 362 Å². The van der Waals surface area contributed by atoms with Crippen LogP contribution in [0, 0.1) is 5.41 Å². The fourth-order valence-electron chi connectivity index (χ4n) is 9.61. The molecule has 0 aliphatic heterocycles. The van der Waals surface area contributed by atoms with Crippen molar-refractivity contribution in [2.75, 3.05) is 0 Å². The first-order chi connectivity index (χ1) is 28.1. The summed E-state index contributed by atoms with van der Waals surface area (Å²) in [6, 6.07) is 0. The lowest BCUT2D eigenvalue weighted by Crippen LogP contribution is -2.11. The zero-order valence-corrected chi connectivity index (χ0v) is 41.3. The molecular formula is C57H116. The first kappa shape index (κ1) is 57.0. The minimum absolute atomic E-state index is 0.569. The summed E-state index contributed by atoms with van der Waals surface area (Å²) in [7, 11) is 0. The maximum atomic E-state index is 2.55. The number of hydrogen-bond acceptors (Lipinski definition) is 0. The largest absolute Gasteiger partial charge is 0.0654 e. The van der Waals surface area contributed by atoms with Gasteiger partial charge in [-0.3, -0.25) is 0 Å². The van der Waals surface area contributed by atoms with Gasteiger partial charge in [-0.15, -0.1) is 0 Å². The highest BCUT2D eigenvalue weighted by atomic mass is 14.2. The van der Waals surface area contributed by atoms with Crippen molar-refractivity contribution in [1.29, 1.82) is 0 Å². The van der Waals surface area contributed by atoms with Gasteiger partial charge in [-0.05, 0) is 18.3 Å². The van der Waals surface area contributed by atoms with E-state index in [2.05, 4.69) is 27.7 Å². The molecule has 0 radical (unpaired) electrons. The molecule has 0 aliphatic rings. The molecule has 0 bridgehead atoms. The van der Waals surface area contributed by atoms with E-state index in [0.717, 1.165) is 0 Å². The molecule has 0 heterocycles. The van der Waals surface area contributed by atoms with Crippen LogP contribution in [0.25, 0.3) is 0 Å². The summed E-state index contributed by atoms with van der Waals surface area (Å²) in [4.78, 5) is 0. The van der Waals surface area contributed by atoms with Crippen LogP contribution in [0.4, 0.5) is 0 Å². The van der Waals surface area contributed by atoms with Gasteiger partial charge in [-0.25, -0.2) is 0 Å². The van der Waals surface area contributed by atoms with Gasteiger partial charge in [0, 0.05) is 0 Å². The smallest absolute Gasteiger partial charge is 0.0354 e. The van der Waals surface area contributed by atoms with Crippen molar-refractivity contribution in [2.24, 2.45) is 5.41 Å². The van der Waals surface area contributed by atoms with Gasteiger partial charge in [0.2, 0.25) is 0 Å². The van der Waals surface area contributed by atoms with Crippen LogP contribution in [0.5, 0.6) is 0 Å². The molecule has 0 amide bonds. The molecule has 0 aliphatic carbocycles. The highest BCUT2D eigenvalue weighted by Gasteiger charge is 2.16. The minimum Gasteiger partial charge on any atom is -0.0654 e. The Balaban J connectivity index is 3.23. The standard InChI is InChI=1S/C57H116/c1-5-7-9-11-13-15-17-19-21-23-25-27-29-31-32-34-36-38-40-42-44-46-48-50-52-54-56-57(3,4)55-53-51-49-47-45-43-41-39-37-35-33-30-28-26-24-22-20-18-16-14-12-10-8-6-2/h5-56H2,1-4H3. The van der Waals surface area contributed by atoms with E-state index < -0.39 is 0 Å². The van der Waals surface area contributed by atoms with E-state index in [1.165, 1.54) is 334 Å². The molecule has 0 aromatic carbocycles. The van der Waals surface area contributed by atoms with Crippen LogP contribution in [0.3, 0.4) is 0 Å². The van der Waals surface area contributed by atoms with Crippen LogP contribution in [0.15, 0.2) is 0 Å². The quantitative estimate of drug-likeness (QED) is 0.0538. The normalized spacial score (nSPS) is 12.0. The number of rotatable bonds is 52. The molecule has 0 saturated heterocycles. The van der Waals surface area contributed by atoms with Gasteiger partial charge in [0.05, 0.1) is 0 Å².